The summed E-state index contributed by atoms with van der Waals surface area (Å²) in [4.78, 5) is 10.3. The molecule has 0 aromatic heterocycles. The van der Waals surface area contributed by atoms with Crippen molar-refractivity contribution in [2.24, 2.45) is 0 Å². The SMILES string of the molecule is COc1cccc(Cc2cccc(CNC=O)c2)c1. The van der Waals surface area contributed by atoms with Crippen molar-refractivity contribution < 1.29 is 9.53 Å². The molecule has 0 unspecified atom stereocenters. The van der Waals surface area contributed by atoms with E-state index in [-0.39, 0.29) is 0 Å². The van der Waals surface area contributed by atoms with Crippen LogP contribution in [0.25, 0.3) is 0 Å². The first-order valence-electron chi connectivity index (χ1n) is 6.19. The van der Waals surface area contributed by atoms with Crippen molar-refractivity contribution in [3.05, 3.63) is 65.2 Å². The van der Waals surface area contributed by atoms with E-state index in [4.69, 9.17) is 4.74 Å². The van der Waals surface area contributed by atoms with Gasteiger partial charge in [-0.2, -0.15) is 0 Å². The second-order valence-electron chi connectivity index (χ2n) is 4.35. The Labute approximate surface area is 113 Å². The van der Waals surface area contributed by atoms with E-state index in [9.17, 15) is 4.79 Å². The van der Waals surface area contributed by atoms with Gasteiger partial charge >= 0.3 is 0 Å². The van der Waals surface area contributed by atoms with E-state index in [1.165, 1.54) is 11.1 Å². The zero-order valence-electron chi connectivity index (χ0n) is 10.9. The van der Waals surface area contributed by atoms with E-state index in [2.05, 4.69) is 23.5 Å². The summed E-state index contributed by atoms with van der Waals surface area (Å²) in [5.41, 5.74) is 3.53. The van der Waals surface area contributed by atoms with Crippen LogP contribution in [0.3, 0.4) is 0 Å². The van der Waals surface area contributed by atoms with Crippen molar-refractivity contribution in [3.8, 4) is 5.75 Å². The highest BCUT2D eigenvalue weighted by molar-refractivity contribution is 5.46. The molecular formula is C16H17NO2. The molecule has 2 aromatic rings. The lowest BCUT2D eigenvalue weighted by atomic mass is 10.0. The van der Waals surface area contributed by atoms with Gasteiger partial charge in [-0.05, 0) is 35.2 Å². The molecule has 0 fully saturated rings. The molecule has 0 bridgehead atoms. The molecule has 0 aliphatic heterocycles. The van der Waals surface area contributed by atoms with Crippen LogP contribution in [-0.4, -0.2) is 13.5 Å². The van der Waals surface area contributed by atoms with Gasteiger partial charge in [0.05, 0.1) is 7.11 Å². The number of hydrogen-bond donors (Lipinski definition) is 1. The fourth-order valence-corrected chi connectivity index (χ4v) is 2.03. The first-order valence-corrected chi connectivity index (χ1v) is 6.19. The van der Waals surface area contributed by atoms with Gasteiger partial charge in [0, 0.05) is 6.54 Å². The van der Waals surface area contributed by atoms with E-state index < -0.39 is 0 Å². The minimum Gasteiger partial charge on any atom is -0.497 e. The predicted octanol–water partition coefficient (Wildman–Crippen LogP) is 2.53. The lowest BCUT2D eigenvalue weighted by Gasteiger charge is -2.07. The second-order valence-corrected chi connectivity index (χ2v) is 4.35. The van der Waals surface area contributed by atoms with E-state index >= 15 is 0 Å². The molecule has 98 valence electrons. The topological polar surface area (TPSA) is 38.3 Å². The number of methoxy groups -OCH3 is 1. The maximum atomic E-state index is 10.3. The zero-order chi connectivity index (χ0) is 13.5. The molecular weight excluding hydrogens is 238 g/mol. The van der Waals surface area contributed by atoms with Gasteiger partial charge in [-0.15, -0.1) is 0 Å². The van der Waals surface area contributed by atoms with Crippen molar-refractivity contribution in [1.82, 2.24) is 5.32 Å². The average Bonchev–Trinajstić information content (AvgIpc) is 2.46. The van der Waals surface area contributed by atoms with E-state index in [0.29, 0.717) is 13.0 Å². The first kappa shape index (κ1) is 13.1. The minimum atomic E-state index is 0.565. The smallest absolute Gasteiger partial charge is 0.207 e. The summed E-state index contributed by atoms with van der Waals surface area (Å²) >= 11 is 0. The van der Waals surface area contributed by atoms with Crippen LogP contribution in [0.5, 0.6) is 5.75 Å². The maximum Gasteiger partial charge on any atom is 0.207 e. The number of benzene rings is 2. The van der Waals surface area contributed by atoms with Crippen LogP contribution in [0.2, 0.25) is 0 Å². The molecule has 0 saturated heterocycles. The molecule has 0 radical (unpaired) electrons. The third-order valence-corrected chi connectivity index (χ3v) is 2.92. The van der Waals surface area contributed by atoms with Crippen LogP contribution >= 0.6 is 0 Å². The molecule has 3 heteroatoms. The van der Waals surface area contributed by atoms with E-state index in [1.807, 2.05) is 30.3 Å². The number of carbonyl (C=O) groups excluding carboxylic acids is 1. The summed E-state index contributed by atoms with van der Waals surface area (Å²) in [7, 11) is 1.67. The second kappa shape index (κ2) is 6.59. The molecule has 1 amide bonds. The summed E-state index contributed by atoms with van der Waals surface area (Å²) in [5, 5.41) is 2.67. The van der Waals surface area contributed by atoms with Crippen LogP contribution in [0, 0.1) is 0 Å². The largest absolute Gasteiger partial charge is 0.497 e. The van der Waals surface area contributed by atoms with Crippen LogP contribution < -0.4 is 10.1 Å². The highest BCUT2D eigenvalue weighted by Crippen LogP contribution is 2.16. The van der Waals surface area contributed by atoms with Crippen LogP contribution in [0.1, 0.15) is 16.7 Å². The lowest BCUT2D eigenvalue weighted by molar-refractivity contribution is -0.109. The van der Waals surface area contributed by atoms with Crippen molar-refractivity contribution >= 4 is 6.41 Å². The van der Waals surface area contributed by atoms with E-state index in [1.54, 1.807) is 7.11 Å². The number of carbonyl (C=O) groups is 1. The van der Waals surface area contributed by atoms with Gasteiger partial charge in [-0.25, -0.2) is 0 Å². The molecule has 19 heavy (non-hydrogen) atoms. The molecule has 0 spiro atoms. The Morgan fingerprint density at radius 1 is 1.05 bits per heavy atom. The maximum absolute atomic E-state index is 10.3. The number of nitrogens with one attached hydrogen (secondary N) is 1. The molecule has 0 saturated carbocycles. The van der Waals surface area contributed by atoms with Gasteiger partial charge in [-0.3, -0.25) is 4.79 Å². The highest BCUT2D eigenvalue weighted by atomic mass is 16.5. The third kappa shape index (κ3) is 3.85. The summed E-state index contributed by atoms with van der Waals surface area (Å²) in [6, 6.07) is 16.3. The molecule has 0 aliphatic carbocycles. The molecule has 1 N–H and O–H groups in total. The van der Waals surface area contributed by atoms with Gasteiger partial charge < -0.3 is 10.1 Å². The predicted molar refractivity (Wildman–Crippen MR) is 75.1 cm³/mol. The first-order chi connectivity index (χ1) is 9.31. The monoisotopic (exact) mass is 255 g/mol. The summed E-state index contributed by atoms with van der Waals surface area (Å²) in [6.45, 7) is 0.565. The lowest BCUT2D eigenvalue weighted by Crippen LogP contribution is -2.09. The number of ether oxygens (including phenoxy) is 1. The van der Waals surface area contributed by atoms with Crippen LogP contribution in [-0.2, 0) is 17.8 Å². The van der Waals surface area contributed by atoms with Gasteiger partial charge in [-0.1, -0.05) is 36.4 Å². The fourth-order valence-electron chi connectivity index (χ4n) is 2.03. The minimum absolute atomic E-state index is 0.565. The van der Waals surface area contributed by atoms with Crippen molar-refractivity contribution in [2.75, 3.05) is 7.11 Å². The Morgan fingerprint density at radius 3 is 2.47 bits per heavy atom. The molecule has 0 heterocycles. The fraction of sp³-hybridized carbons (Fsp3) is 0.188. The molecule has 2 rings (SSSR count). The third-order valence-electron chi connectivity index (χ3n) is 2.92. The van der Waals surface area contributed by atoms with Gasteiger partial charge in [0.15, 0.2) is 0 Å². The highest BCUT2D eigenvalue weighted by Gasteiger charge is 2.00. The standard InChI is InChI=1S/C16H17NO2/c1-19-16-7-3-5-14(10-16)8-13-4-2-6-15(9-13)11-17-12-18/h2-7,9-10,12H,8,11H2,1H3,(H,17,18). The summed E-state index contributed by atoms with van der Waals surface area (Å²) in [5.74, 6) is 0.872. The molecule has 3 nitrogen and oxygen atoms in total. The Hall–Kier alpha value is -2.29. The van der Waals surface area contributed by atoms with Crippen molar-refractivity contribution in [2.45, 2.75) is 13.0 Å². The quantitative estimate of drug-likeness (QED) is 0.805. The van der Waals surface area contributed by atoms with Crippen molar-refractivity contribution in [1.29, 1.82) is 0 Å². The van der Waals surface area contributed by atoms with Crippen LogP contribution in [0.4, 0.5) is 0 Å². The molecule has 0 atom stereocenters. The Balaban J connectivity index is 2.11. The Morgan fingerprint density at radius 2 is 1.74 bits per heavy atom. The Bertz CT molecular complexity index is 552. The average molecular weight is 255 g/mol. The van der Waals surface area contributed by atoms with Crippen LogP contribution in [0.15, 0.2) is 48.5 Å². The number of amides is 1. The molecule has 0 aliphatic rings. The molecule has 2 aromatic carbocycles. The Kier molecular flexibility index (Phi) is 4.56. The number of hydrogen-bond acceptors (Lipinski definition) is 2. The van der Waals surface area contributed by atoms with Gasteiger partial charge in [0.2, 0.25) is 6.41 Å². The number of rotatable bonds is 6. The normalized spacial score (nSPS) is 9.95. The van der Waals surface area contributed by atoms with E-state index in [0.717, 1.165) is 17.7 Å². The summed E-state index contributed by atoms with van der Waals surface area (Å²) < 4.78 is 5.22. The zero-order valence-corrected chi connectivity index (χ0v) is 10.9. The summed E-state index contributed by atoms with van der Waals surface area (Å²) in [6.07, 6.45) is 1.57. The van der Waals surface area contributed by atoms with Gasteiger partial charge in [0.1, 0.15) is 5.75 Å². The van der Waals surface area contributed by atoms with Gasteiger partial charge in [0.25, 0.3) is 0 Å². The van der Waals surface area contributed by atoms with Crippen molar-refractivity contribution in [3.63, 3.8) is 0 Å².